The number of halogens is 3. The third-order valence-electron chi connectivity index (χ3n) is 4.95. The van der Waals surface area contributed by atoms with Crippen molar-refractivity contribution in [3.63, 3.8) is 0 Å². The monoisotopic (exact) mass is 433 g/mol. The summed E-state index contributed by atoms with van der Waals surface area (Å²) in [6.07, 6.45) is 0.694. The summed E-state index contributed by atoms with van der Waals surface area (Å²) in [6, 6.07) is 4.22. The van der Waals surface area contributed by atoms with Crippen molar-refractivity contribution in [1.82, 2.24) is 9.97 Å². The minimum absolute atomic E-state index is 0.0390. The van der Waals surface area contributed by atoms with E-state index in [1.807, 2.05) is 4.90 Å². The van der Waals surface area contributed by atoms with Gasteiger partial charge >= 0.3 is 5.97 Å². The Kier molecular flexibility index (Phi) is 5.64. The van der Waals surface area contributed by atoms with Crippen LogP contribution >= 0.6 is 0 Å². The number of aromatic carboxylic acids is 1. The number of carbonyl (C=O) groups is 1. The molecule has 31 heavy (non-hydrogen) atoms. The highest BCUT2D eigenvalue weighted by Gasteiger charge is 2.21. The van der Waals surface area contributed by atoms with Gasteiger partial charge in [0.05, 0.1) is 36.0 Å². The number of fused-ring (bicyclic) bond motifs is 1. The van der Waals surface area contributed by atoms with Crippen LogP contribution in [0.1, 0.15) is 28.9 Å². The molecule has 0 radical (unpaired) electrons. The summed E-state index contributed by atoms with van der Waals surface area (Å²) in [5.74, 6) is -5.20. The molecule has 0 bridgehead atoms. The lowest BCUT2D eigenvalue weighted by Gasteiger charge is -2.28. The van der Waals surface area contributed by atoms with Gasteiger partial charge in [-0.2, -0.15) is 0 Å². The Morgan fingerprint density at radius 1 is 1.16 bits per heavy atom. The molecule has 0 spiro atoms. The predicted octanol–water partition coefficient (Wildman–Crippen LogP) is 3.72. The molecule has 0 saturated carbocycles. The van der Waals surface area contributed by atoms with Gasteiger partial charge in [0.15, 0.2) is 17.5 Å². The van der Waals surface area contributed by atoms with E-state index in [0.717, 1.165) is 12.1 Å². The second-order valence-corrected chi connectivity index (χ2v) is 7.03. The molecule has 2 aromatic carbocycles. The van der Waals surface area contributed by atoms with Crippen LogP contribution in [-0.4, -0.2) is 47.3 Å². The lowest BCUT2D eigenvalue weighted by atomic mass is 10.0. The first-order chi connectivity index (χ1) is 14.8. The highest BCUT2D eigenvalue weighted by Crippen LogP contribution is 2.30. The fraction of sp³-hybridized carbons (Fsp3) is 0.286. The van der Waals surface area contributed by atoms with Crippen LogP contribution < -0.4 is 9.64 Å². The average Bonchev–Trinajstić information content (AvgIpc) is 2.76. The summed E-state index contributed by atoms with van der Waals surface area (Å²) >= 11 is 0. The van der Waals surface area contributed by atoms with Gasteiger partial charge in [0.25, 0.3) is 0 Å². The third kappa shape index (κ3) is 4.24. The molecular weight excluding hydrogens is 415 g/mol. The van der Waals surface area contributed by atoms with Crippen LogP contribution in [-0.2, 0) is 4.74 Å². The number of hydrogen-bond acceptors (Lipinski definition) is 6. The summed E-state index contributed by atoms with van der Waals surface area (Å²) in [4.78, 5) is 22.5. The molecule has 1 aliphatic rings. The van der Waals surface area contributed by atoms with Crippen LogP contribution in [0.5, 0.6) is 5.75 Å². The lowest BCUT2D eigenvalue weighted by Crippen LogP contribution is -2.36. The Morgan fingerprint density at radius 3 is 2.48 bits per heavy atom. The molecule has 2 heterocycles. The standard InChI is InChI=1S/C21H18F3N3O4/c1-11(31-13-8-15(22)19(24)16(23)9-13)14-6-12(21(28)29)7-17-20(14)26-18(10-25-17)27-2-4-30-5-3-27/h6-11H,2-5H2,1H3,(H,28,29). The molecule has 1 aromatic heterocycles. The van der Waals surface area contributed by atoms with E-state index in [-0.39, 0.29) is 11.3 Å². The van der Waals surface area contributed by atoms with Crippen LogP contribution in [0.25, 0.3) is 11.0 Å². The molecule has 3 aromatic rings. The number of nitrogens with zero attached hydrogens (tertiary/aromatic N) is 3. The minimum Gasteiger partial charge on any atom is -0.486 e. The Hall–Kier alpha value is -3.40. The fourth-order valence-electron chi connectivity index (χ4n) is 3.38. The zero-order valence-corrected chi connectivity index (χ0v) is 16.4. The molecule has 1 saturated heterocycles. The van der Waals surface area contributed by atoms with Gasteiger partial charge in [-0.15, -0.1) is 0 Å². The maximum atomic E-state index is 13.6. The van der Waals surface area contributed by atoms with E-state index in [9.17, 15) is 23.1 Å². The van der Waals surface area contributed by atoms with Gasteiger partial charge in [-0.25, -0.2) is 22.9 Å². The molecule has 1 N–H and O–H groups in total. The van der Waals surface area contributed by atoms with Crippen LogP contribution in [0.2, 0.25) is 0 Å². The van der Waals surface area contributed by atoms with E-state index < -0.39 is 29.5 Å². The molecule has 7 nitrogen and oxygen atoms in total. The molecule has 0 aliphatic carbocycles. The number of morpholine rings is 1. The molecular formula is C21H18F3N3O4. The highest BCUT2D eigenvalue weighted by atomic mass is 19.2. The molecule has 10 heteroatoms. The predicted molar refractivity (Wildman–Crippen MR) is 105 cm³/mol. The number of hydrogen-bond donors (Lipinski definition) is 1. The third-order valence-corrected chi connectivity index (χ3v) is 4.95. The number of rotatable bonds is 5. The second-order valence-electron chi connectivity index (χ2n) is 7.03. The van der Waals surface area contributed by atoms with Gasteiger partial charge in [-0.1, -0.05) is 0 Å². The number of benzene rings is 2. The minimum atomic E-state index is -1.60. The first kappa shape index (κ1) is 20.9. The van der Waals surface area contributed by atoms with Crippen LogP contribution in [0.3, 0.4) is 0 Å². The summed E-state index contributed by atoms with van der Waals surface area (Å²) < 4.78 is 51.3. The van der Waals surface area contributed by atoms with E-state index in [1.54, 1.807) is 13.1 Å². The number of carboxylic acid groups (broad SMARTS) is 1. The molecule has 1 unspecified atom stereocenters. The first-order valence-corrected chi connectivity index (χ1v) is 9.51. The molecule has 4 rings (SSSR count). The largest absolute Gasteiger partial charge is 0.486 e. The average molecular weight is 433 g/mol. The van der Waals surface area contributed by atoms with E-state index in [4.69, 9.17) is 9.47 Å². The van der Waals surface area contributed by atoms with Gasteiger partial charge in [0.1, 0.15) is 17.7 Å². The topological polar surface area (TPSA) is 84.8 Å². The van der Waals surface area contributed by atoms with E-state index in [2.05, 4.69) is 9.97 Å². The Labute approximate surface area is 175 Å². The van der Waals surface area contributed by atoms with Crippen molar-refractivity contribution in [2.24, 2.45) is 0 Å². The van der Waals surface area contributed by atoms with Gasteiger partial charge < -0.3 is 19.5 Å². The van der Waals surface area contributed by atoms with Crippen molar-refractivity contribution in [2.45, 2.75) is 13.0 Å². The van der Waals surface area contributed by atoms with Crippen LogP contribution in [0.4, 0.5) is 19.0 Å². The number of carboxylic acids is 1. The van der Waals surface area contributed by atoms with E-state index in [1.165, 1.54) is 12.1 Å². The number of ether oxygens (including phenoxy) is 2. The zero-order valence-electron chi connectivity index (χ0n) is 16.4. The Bertz CT molecular complexity index is 1130. The summed E-state index contributed by atoms with van der Waals surface area (Å²) in [5, 5.41) is 9.45. The Morgan fingerprint density at radius 2 is 1.84 bits per heavy atom. The van der Waals surface area contributed by atoms with E-state index >= 15 is 0 Å². The second kappa shape index (κ2) is 8.38. The van der Waals surface area contributed by atoms with Crippen molar-refractivity contribution in [1.29, 1.82) is 0 Å². The maximum absolute atomic E-state index is 13.6. The number of aromatic nitrogens is 2. The maximum Gasteiger partial charge on any atom is 0.335 e. The molecule has 1 aliphatic heterocycles. The van der Waals surface area contributed by atoms with Crippen LogP contribution in [0, 0.1) is 17.5 Å². The smallest absolute Gasteiger partial charge is 0.335 e. The van der Waals surface area contributed by atoms with Gasteiger partial charge in [0.2, 0.25) is 0 Å². The molecule has 0 amide bonds. The van der Waals surface area contributed by atoms with Crippen molar-refractivity contribution in [3.8, 4) is 5.75 Å². The van der Waals surface area contributed by atoms with E-state index in [0.29, 0.717) is 48.7 Å². The highest BCUT2D eigenvalue weighted by molar-refractivity contribution is 5.94. The SMILES string of the molecule is CC(Oc1cc(F)c(F)c(F)c1)c1cc(C(=O)O)cc2ncc(N3CCOCC3)nc12. The lowest BCUT2D eigenvalue weighted by molar-refractivity contribution is 0.0696. The van der Waals surface area contributed by atoms with Gasteiger partial charge in [-0.3, -0.25) is 4.98 Å². The van der Waals surface area contributed by atoms with Crippen molar-refractivity contribution < 1.29 is 32.5 Å². The summed E-state index contributed by atoms with van der Waals surface area (Å²) in [6.45, 7) is 3.92. The first-order valence-electron chi connectivity index (χ1n) is 9.51. The van der Waals surface area contributed by atoms with Crippen molar-refractivity contribution in [3.05, 3.63) is 59.0 Å². The molecule has 1 fully saturated rings. The van der Waals surface area contributed by atoms with Crippen molar-refractivity contribution >= 4 is 22.8 Å². The summed E-state index contributed by atoms with van der Waals surface area (Å²) in [7, 11) is 0. The molecule has 162 valence electrons. The quantitative estimate of drug-likeness (QED) is 0.614. The Balaban J connectivity index is 1.76. The zero-order chi connectivity index (χ0) is 22.1. The van der Waals surface area contributed by atoms with Gasteiger partial charge in [0, 0.05) is 30.8 Å². The fourth-order valence-corrected chi connectivity index (χ4v) is 3.38. The summed E-state index contributed by atoms with van der Waals surface area (Å²) in [5.41, 5.74) is 1.05. The van der Waals surface area contributed by atoms with Crippen LogP contribution in [0.15, 0.2) is 30.5 Å². The normalized spacial score (nSPS) is 15.2. The van der Waals surface area contributed by atoms with Crippen molar-refractivity contribution in [2.75, 3.05) is 31.2 Å². The number of anilines is 1. The van der Waals surface area contributed by atoms with Gasteiger partial charge in [-0.05, 0) is 19.1 Å². The molecule has 1 atom stereocenters.